The van der Waals surface area contributed by atoms with E-state index >= 15 is 0 Å². The lowest BCUT2D eigenvalue weighted by molar-refractivity contribution is -0.113. The molecule has 1 amide bonds. The van der Waals surface area contributed by atoms with Crippen molar-refractivity contribution in [1.82, 2.24) is 14.6 Å². The van der Waals surface area contributed by atoms with Crippen LogP contribution in [0.15, 0.2) is 72.0 Å². The number of hydrogen-bond donors (Lipinski definition) is 1. The van der Waals surface area contributed by atoms with Gasteiger partial charge in [0.25, 0.3) is 0 Å². The number of hydrogen-bond acceptors (Lipinski definition) is 5. The van der Waals surface area contributed by atoms with Gasteiger partial charge < -0.3 is 10.1 Å². The van der Waals surface area contributed by atoms with Crippen molar-refractivity contribution < 1.29 is 9.53 Å². The molecular weight excluding hydrogens is 396 g/mol. The van der Waals surface area contributed by atoms with Crippen molar-refractivity contribution in [3.05, 3.63) is 72.6 Å². The van der Waals surface area contributed by atoms with Crippen LogP contribution in [0.5, 0.6) is 5.75 Å². The van der Waals surface area contributed by atoms with E-state index in [1.54, 1.807) is 23.9 Å². The lowest BCUT2D eigenvalue weighted by atomic mass is 10.1. The number of aromatic nitrogens is 3. The molecule has 0 spiro atoms. The van der Waals surface area contributed by atoms with Gasteiger partial charge in [-0.05, 0) is 30.2 Å². The number of amides is 1. The summed E-state index contributed by atoms with van der Waals surface area (Å²) in [6.45, 7) is 2.14. The lowest BCUT2D eigenvalue weighted by Gasteiger charge is -2.07. The predicted octanol–water partition coefficient (Wildman–Crippen LogP) is 4.70. The highest BCUT2D eigenvalue weighted by atomic mass is 32.2. The highest BCUT2D eigenvalue weighted by Gasteiger charge is 2.12. The molecule has 1 N–H and O–H groups in total. The third kappa shape index (κ3) is 4.46. The van der Waals surface area contributed by atoms with Crippen LogP contribution in [0.2, 0.25) is 0 Å². The van der Waals surface area contributed by atoms with Crippen LogP contribution in [0.1, 0.15) is 12.5 Å². The zero-order valence-electron chi connectivity index (χ0n) is 16.8. The van der Waals surface area contributed by atoms with Crippen LogP contribution in [0.4, 0.5) is 5.69 Å². The Balaban J connectivity index is 1.48. The average molecular weight is 419 g/mol. The molecule has 4 rings (SSSR count). The van der Waals surface area contributed by atoms with Crippen molar-refractivity contribution in [2.75, 3.05) is 18.2 Å². The van der Waals surface area contributed by atoms with Gasteiger partial charge in [0, 0.05) is 29.7 Å². The molecule has 0 radical (unpaired) electrons. The second-order valence-electron chi connectivity index (χ2n) is 6.71. The number of carbonyl (C=O) groups excluding carboxylic acids is 1. The number of aryl methyl sites for hydroxylation is 1. The molecule has 4 aromatic rings. The molecule has 2 aromatic heterocycles. The maximum absolute atomic E-state index is 12.4. The van der Waals surface area contributed by atoms with E-state index in [4.69, 9.17) is 4.74 Å². The van der Waals surface area contributed by atoms with Crippen LogP contribution in [0.25, 0.3) is 16.8 Å². The van der Waals surface area contributed by atoms with E-state index in [0.29, 0.717) is 11.4 Å². The Morgan fingerprint density at radius 1 is 1.17 bits per heavy atom. The minimum Gasteiger partial charge on any atom is -0.497 e. The summed E-state index contributed by atoms with van der Waals surface area (Å²) >= 11 is 1.39. The number of benzene rings is 2. The first-order valence-corrected chi connectivity index (χ1v) is 10.6. The fourth-order valence-electron chi connectivity index (χ4n) is 3.09. The van der Waals surface area contributed by atoms with Gasteiger partial charge in [0.2, 0.25) is 5.91 Å². The largest absolute Gasteiger partial charge is 0.497 e. The molecular formula is C23H22N4O2S. The summed E-state index contributed by atoms with van der Waals surface area (Å²) in [4.78, 5) is 16.8. The summed E-state index contributed by atoms with van der Waals surface area (Å²) in [5.74, 6) is 0.841. The molecule has 0 bridgehead atoms. The van der Waals surface area contributed by atoms with E-state index in [1.807, 2.05) is 30.5 Å². The average Bonchev–Trinajstić information content (AvgIpc) is 3.23. The van der Waals surface area contributed by atoms with Crippen LogP contribution >= 0.6 is 11.8 Å². The molecule has 7 heteroatoms. The Morgan fingerprint density at radius 3 is 2.77 bits per heavy atom. The third-order valence-corrected chi connectivity index (χ3v) is 5.70. The summed E-state index contributed by atoms with van der Waals surface area (Å²) in [7, 11) is 1.60. The van der Waals surface area contributed by atoms with E-state index in [-0.39, 0.29) is 11.7 Å². The number of ether oxygens (including phenoxy) is 1. The van der Waals surface area contributed by atoms with Gasteiger partial charge in [-0.2, -0.15) is 5.10 Å². The zero-order chi connectivity index (χ0) is 20.9. The molecule has 152 valence electrons. The van der Waals surface area contributed by atoms with E-state index in [9.17, 15) is 4.79 Å². The molecule has 0 saturated heterocycles. The van der Waals surface area contributed by atoms with Gasteiger partial charge in [0.15, 0.2) is 0 Å². The summed E-state index contributed by atoms with van der Waals surface area (Å²) < 4.78 is 6.99. The fourth-order valence-corrected chi connectivity index (χ4v) is 3.87. The summed E-state index contributed by atoms with van der Waals surface area (Å²) in [6, 6.07) is 17.7. The first kappa shape index (κ1) is 20.0. The number of rotatable bonds is 7. The molecule has 0 atom stereocenters. The first-order valence-electron chi connectivity index (χ1n) is 9.66. The highest BCUT2D eigenvalue weighted by molar-refractivity contribution is 8.00. The van der Waals surface area contributed by atoms with E-state index in [2.05, 4.69) is 46.6 Å². The van der Waals surface area contributed by atoms with Crippen LogP contribution in [0.3, 0.4) is 0 Å². The topological polar surface area (TPSA) is 68.5 Å². The Labute approximate surface area is 179 Å². The lowest BCUT2D eigenvalue weighted by Crippen LogP contribution is -2.14. The quantitative estimate of drug-likeness (QED) is 0.441. The molecule has 0 saturated carbocycles. The van der Waals surface area contributed by atoms with Gasteiger partial charge in [0.1, 0.15) is 10.8 Å². The Hall–Kier alpha value is -3.32. The Kier molecular flexibility index (Phi) is 5.99. The Bertz CT molecular complexity index is 1170. The minimum atomic E-state index is -0.105. The predicted molar refractivity (Wildman–Crippen MR) is 120 cm³/mol. The van der Waals surface area contributed by atoms with Crippen LogP contribution in [-0.4, -0.2) is 33.4 Å². The number of fused-ring (bicyclic) bond motifs is 1. The van der Waals surface area contributed by atoms with Gasteiger partial charge in [0.05, 0.1) is 24.1 Å². The molecule has 0 aliphatic heterocycles. The van der Waals surface area contributed by atoms with Crippen LogP contribution in [-0.2, 0) is 11.2 Å². The van der Waals surface area contributed by atoms with Crippen molar-refractivity contribution >= 4 is 28.9 Å². The first-order chi connectivity index (χ1) is 14.7. The van der Waals surface area contributed by atoms with E-state index in [0.717, 1.165) is 28.2 Å². The summed E-state index contributed by atoms with van der Waals surface area (Å²) in [5, 5.41) is 8.31. The fraction of sp³-hybridized carbons (Fsp3) is 0.174. The van der Waals surface area contributed by atoms with Crippen molar-refractivity contribution in [3.8, 4) is 17.0 Å². The third-order valence-electron chi connectivity index (χ3n) is 4.71. The summed E-state index contributed by atoms with van der Waals surface area (Å²) in [6.07, 6.45) is 4.53. The Morgan fingerprint density at radius 2 is 2.00 bits per heavy atom. The molecule has 30 heavy (non-hydrogen) atoms. The van der Waals surface area contributed by atoms with Crippen LogP contribution < -0.4 is 10.1 Å². The second kappa shape index (κ2) is 9.00. The SMILES string of the molecule is CCc1ccc(-c2cc3c(SCC(=O)Nc4cccc(OC)c4)nccn3n2)cc1. The van der Waals surface area contributed by atoms with E-state index in [1.165, 1.54) is 17.3 Å². The van der Waals surface area contributed by atoms with E-state index < -0.39 is 0 Å². The normalized spacial score (nSPS) is 10.9. The maximum Gasteiger partial charge on any atom is 0.234 e. The monoisotopic (exact) mass is 418 g/mol. The molecule has 0 unspecified atom stereocenters. The van der Waals surface area contributed by atoms with Gasteiger partial charge in [-0.1, -0.05) is 49.0 Å². The number of anilines is 1. The number of thioether (sulfide) groups is 1. The molecule has 2 aromatic carbocycles. The zero-order valence-corrected chi connectivity index (χ0v) is 17.6. The van der Waals surface area contributed by atoms with Gasteiger partial charge in [-0.25, -0.2) is 9.50 Å². The second-order valence-corrected chi connectivity index (χ2v) is 7.68. The van der Waals surface area contributed by atoms with Crippen molar-refractivity contribution in [3.63, 3.8) is 0 Å². The van der Waals surface area contributed by atoms with Gasteiger partial charge in [-0.15, -0.1) is 0 Å². The minimum absolute atomic E-state index is 0.105. The number of nitrogens with one attached hydrogen (secondary N) is 1. The maximum atomic E-state index is 12.4. The van der Waals surface area contributed by atoms with Crippen molar-refractivity contribution in [2.45, 2.75) is 18.4 Å². The molecule has 0 aliphatic rings. The molecule has 0 fully saturated rings. The molecule has 2 heterocycles. The van der Waals surface area contributed by atoms with Crippen LogP contribution in [0, 0.1) is 0 Å². The van der Waals surface area contributed by atoms with Crippen molar-refractivity contribution in [1.29, 1.82) is 0 Å². The molecule has 0 aliphatic carbocycles. The number of carbonyl (C=O) groups is 1. The molecule has 6 nitrogen and oxygen atoms in total. The van der Waals surface area contributed by atoms with Gasteiger partial charge in [-0.3, -0.25) is 4.79 Å². The smallest absolute Gasteiger partial charge is 0.234 e. The highest BCUT2D eigenvalue weighted by Crippen LogP contribution is 2.26. The standard InChI is InChI=1S/C23H22N4O2S/c1-3-16-7-9-17(10-8-16)20-14-21-23(24-11-12-27(21)26-20)30-15-22(28)25-18-5-4-6-19(13-18)29-2/h4-14H,3,15H2,1-2H3,(H,25,28). The number of methoxy groups -OCH3 is 1. The van der Waals surface area contributed by atoms with Gasteiger partial charge >= 0.3 is 0 Å². The summed E-state index contributed by atoms with van der Waals surface area (Å²) in [5.41, 5.74) is 4.82. The number of nitrogens with zero attached hydrogens (tertiary/aromatic N) is 3. The van der Waals surface area contributed by atoms with Crippen molar-refractivity contribution in [2.24, 2.45) is 0 Å².